The third-order valence-corrected chi connectivity index (χ3v) is 5.01. The molecule has 1 saturated heterocycles. The van der Waals surface area contributed by atoms with Crippen LogP contribution in [0.2, 0.25) is 0 Å². The minimum Gasteiger partial charge on any atom is -0.314 e. The molecule has 5 heteroatoms. The fourth-order valence-corrected chi connectivity index (χ4v) is 4.07. The minimum absolute atomic E-state index is 0. The van der Waals surface area contributed by atoms with E-state index in [1.54, 1.807) is 5.56 Å². The van der Waals surface area contributed by atoms with Crippen LogP contribution in [0.3, 0.4) is 0 Å². The molecule has 0 bridgehead atoms. The van der Waals surface area contributed by atoms with Crippen molar-refractivity contribution in [3.8, 4) is 0 Å². The molecule has 1 aliphatic rings. The van der Waals surface area contributed by atoms with Gasteiger partial charge in [-0.1, -0.05) is 31.5 Å². The van der Waals surface area contributed by atoms with E-state index in [1.807, 2.05) is 11.3 Å². The van der Waals surface area contributed by atoms with Crippen LogP contribution in [-0.4, -0.2) is 31.1 Å². The Kier molecular flexibility index (Phi) is 7.99. The SMILES string of the molecule is CCC[C@@H](c1csc2ccccc12)N1CCNCC1.Cl.Cl. The third-order valence-electron chi connectivity index (χ3n) is 4.02. The van der Waals surface area contributed by atoms with Gasteiger partial charge in [-0.05, 0) is 28.8 Å². The zero-order chi connectivity index (χ0) is 13.1. The highest BCUT2D eigenvalue weighted by Crippen LogP contribution is 2.35. The molecule has 3 rings (SSSR count). The van der Waals surface area contributed by atoms with Crippen LogP contribution in [0.25, 0.3) is 10.1 Å². The fourth-order valence-electron chi connectivity index (χ4n) is 3.06. The Morgan fingerprint density at radius 1 is 1.19 bits per heavy atom. The number of halogens is 2. The first-order chi connectivity index (χ1) is 9.40. The minimum atomic E-state index is 0. The molecule has 1 aromatic carbocycles. The first-order valence-electron chi connectivity index (χ1n) is 7.31. The highest BCUT2D eigenvalue weighted by Gasteiger charge is 2.23. The highest BCUT2D eigenvalue weighted by atomic mass is 35.5. The molecule has 0 aliphatic carbocycles. The zero-order valence-electron chi connectivity index (χ0n) is 12.4. The Bertz CT molecular complexity index is 538. The van der Waals surface area contributed by atoms with Gasteiger partial charge in [0.25, 0.3) is 0 Å². The molecule has 2 heterocycles. The van der Waals surface area contributed by atoms with E-state index in [0.29, 0.717) is 6.04 Å². The normalized spacial score (nSPS) is 17.0. The van der Waals surface area contributed by atoms with Crippen LogP contribution in [-0.2, 0) is 0 Å². The summed E-state index contributed by atoms with van der Waals surface area (Å²) in [7, 11) is 0. The summed E-state index contributed by atoms with van der Waals surface area (Å²) in [5.74, 6) is 0. The van der Waals surface area contributed by atoms with Gasteiger partial charge in [-0.2, -0.15) is 0 Å². The van der Waals surface area contributed by atoms with Gasteiger partial charge in [-0.15, -0.1) is 36.2 Å². The lowest BCUT2D eigenvalue weighted by molar-refractivity contribution is 0.166. The third kappa shape index (κ3) is 4.11. The summed E-state index contributed by atoms with van der Waals surface area (Å²) < 4.78 is 1.42. The second-order valence-corrected chi connectivity index (χ2v) is 6.19. The number of rotatable bonds is 4. The molecule has 0 spiro atoms. The molecule has 2 aromatic rings. The van der Waals surface area contributed by atoms with E-state index in [0.717, 1.165) is 13.1 Å². The first-order valence-corrected chi connectivity index (χ1v) is 8.19. The maximum atomic E-state index is 3.46. The average Bonchev–Trinajstić information content (AvgIpc) is 2.89. The summed E-state index contributed by atoms with van der Waals surface area (Å²) in [6.07, 6.45) is 2.51. The Labute approximate surface area is 143 Å². The smallest absolute Gasteiger partial charge is 0.0363 e. The number of piperazine rings is 1. The van der Waals surface area contributed by atoms with Crippen LogP contribution < -0.4 is 5.32 Å². The molecule has 21 heavy (non-hydrogen) atoms. The van der Waals surface area contributed by atoms with Crippen molar-refractivity contribution in [1.29, 1.82) is 0 Å². The van der Waals surface area contributed by atoms with Crippen LogP contribution in [0, 0.1) is 0 Å². The zero-order valence-corrected chi connectivity index (χ0v) is 14.8. The Morgan fingerprint density at radius 2 is 1.90 bits per heavy atom. The monoisotopic (exact) mass is 346 g/mol. The number of benzene rings is 1. The summed E-state index contributed by atoms with van der Waals surface area (Å²) in [5.41, 5.74) is 1.55. The average molecular weight is 347 g/mol. The lowest BCUT2D eigenvalue weighted by Gasteiger charge is -2.35. The van der Waals surface area contributed by atoms with Crippen molar-refractivity contribution in [3.63, 3.8) is 0 Å². The van der Waals surface area contributed by atoms with Gasteiger partial charge < -0.3 is 5.32 Å². The van der Waals surface area contributed by atoms with Crippen molar-refractivity contribution in [2.75, 3.05) is 26.2 Å². The van der Waals surface area contributed by atoms with Gasteiger partial charge in [-0.25, -0.2) is 0 Å². The Hall–Kier alpha value is -0.320. The van der Waals surface area contributed by atoms with Gasteiger partial charge in [-0.3, -0.25) is 4.90 Å². The quantitative estimate of drug-likeness (QED) is 0.877. The van der Waals surface area contributed by atoms with E-state index in [4.69, 9.17) is 0 Å². The van der Waals surface area contributed by atoms with Crippen LogP contribution in [0.5, 0.6) is 0 Å². The van der Waals surface area contributed by atoms with E-state index >= 15 is 0 Å². The van der Waals surface area contributed by atoms with E-state index in [2.05, 4.69) is 46.8 Å². The van der Waals surface area contributed by atoms with Crippen molar-refractivity contribution >= 4 is 46.2 Å². The van der Waals surface area contributed by atoms with Crippen LogP contribution in [0.1, 0.15) is 31.4 Å². The number of thiophene rings is 1. The standard InChI is InChI=1S/C16H22N2S.2ClH/c1-2-5-15(18-10-8-17-9-11-18)14-12-19-16-7-4-3-6-13(14)16;;/h3-4,6-7,12,15,17H,2,5,8-11H2,1H3;2*1H/t15-;;/m0../s1. The molecule has 0 radical (unpaired) electrons. The number of nitrogens with one attached hydrogen (secondary N) is 1. The Balaban J connectivity index is 0.00000110. The molecule has 1 N–H and O–H groups in total. The molecule has 0 amide bonds. The van der Waals surface area contributed by atoms with Crippen molar-refractivity contribution in [3.05, 3.63) is 35.2 Å². The van der Waals surface area contributed by atoms with Crippen molar-refractivity contribution in [2.45, 2.75) is 25.8 Å². The molecule has 1 atom stereocenters. The van der Waals surface area contributed by atoms with Gasteiger partial charge in [0.2, 0.25) is 0 Å². The summed E-state index contributed by atoms with van der Waals surface area (Å²) in [6.45, 7) is 6.90. The number of nitrogens with zero attached hydrogens (tertiary/aromatic N) is 1. The fraction of sp³-hybridized carbons (Fsp3) is 0.500. The van der Waals surface area contributed by atoms with Gasteiger partial charge in [0.1, 0.15) is 0 Å². The van der Waals surface area contributed by atoms with Crippen molar-refractivity contribution < 1.29 is 0 Å². The lowest BCUT2D eigenvalue weighted by Crippen LogP contribution is -2.45. The van der Waals surface area contributed by atoms with Gasteiger partial charge in [0.05, 0.1) is 0 Å². The first kappa shape index (κ1) is 18.7. The lowest BCUT2D eigenvalue weighted by atomic mass is 9.99. The van der Waals surface area contributed by atoms with Crippen LogP contribution in [0.4, 0.5) is 0 Å². The van der Waals surface area contributed by atoms with Crippen molar-refractivity contribution in [1.82, 2.24) is 10.2 Å². The van der Waals surface area contributed by atoms with Gasteiger partial charge >= 0.3 is 0 Å². The molecule has 1 aliphatic heterocycles. The summed E-state index contributed by atoms with van der Waals surface area (Å²) >= 11 is 1.89. The summed E-state index contributed by atoms with van der Waals surface area (Å²) in [6, 6.07) is 9.43. The molecular weight excluding hydrogens is 323 g/mol. The predicted molar refractivity (Wildman–Crippen MR) is 98.4 cm³/mol. The predicted octanol–water partition coefficient (Wildman–Crippen LogP) is 4.49. The molecule has 0 saturated carbocycles. The number of hydrogen-bond donors (Lipinski definition) is 1. The van der Waals surface area contributed by atoms with E-state index in [1.165, 1.54) is 36.0 Å². The van der Waals surface area contributed by atoms with E-state index in [9.17, 15) is 0 Å². The summed E-state index contributed by atoms with van der Waals surface area (Å²) in [5, 5.41) is 7.30. The maximum Gasteiger partial charge on any atom is 0.0363 e. The molecule has 1 aromatic heterocycles. The highest BCUT2D eigenvalue weighted by molar-refractivity contribution is 7.17. The topological polar surface area (TPSA) is 15.3 Å². The second-order valence-electron chi connectivity index (χ2n) is 5.28. The molecule has 118 valence electrons. The molecule has 0 unspecified atom stereocenters. The van der Waals surface area contributed by atoms with E-state index < -0.39 is 0 Å². The van der Waals surface area contributed by atoms with Gasteiger partial charge in [0, 0.05) is 36.9 Å². The molecule has 1 fully saturated rings. The maximum absolute atomic E-state index is 3.46. The van der Waals surface area contributed by atoms with Crippen LogP contribution in [0.15, 0.2) is 29.6 Å². The molecule has 2 nitrogen and oxygen atoms in total. The molecular formula is C16H24Cl2N2S. The number of fused-ring (bicyclic) bond motifs is 1. The van der Waals surface area contributed by atoms with Crippen molar-refractivity contribution in [2.24, 2.45) is 0 Å². The van der Waals surface area contributed by atoms with Crippen LogP contribution >= 0.6 is 36.2 Å². The summed E-state index contributed by atoms with van der Waals surface area (Å²) in [4.78, 5) is 2.66. The van der Waals surface area contributed by atoms with E-state index in [-0.39, 0.29) is 24.8 Å². The number of hydrogen-bond acceptors (Lipinski definition) is 3. The van der Waals surface area contributed by atoms with Gasteiger partial charge in [0.15, 0.2) is 0 Å². The largest absolute Gasteiger partial charge is 0.314 e. The Morgan fingerprint density at radius 3 is 2.62 bits per heavy atom. The second kappa shape index (κ2) is 8.96.